The van der Waals surface area contributed by atoms with Gasteiger partial charge in [-0.1, -0.05) is 61.0 Å². The Morgan fingerprint density at radius 1 is 1.04 bits per heavy atom. The van der Waals surface area contributed by atoms with E-state index in [0.717, 1.165) is 15.6 Å². The van der Waals surface area contributed by atoms with Crippen LogP contribution in [0.5, 0.6) is 0 Å². The molecule has 0 saturated heterocycles. The van der Waals surface area contributed by atoms with E-state index in [1.54, 1.807) is 12.1 Å². The highest BCUT2D eigenvalue weighted by Crippen LogP contribution is 2.22. The van der Waals surface area contributed by atoms with Crippen LogP contribution in [0.4, 0.5) is 0 Å². The molecule has 0 spiro atoms. The molecule has 3 N–H and O–H groups in total. The summed E-state index contributed by atoms with van der Waals surface area (Å²) in [5.41, 5.74) is 8.06. The van der Waals surface area contributed by atoms with E-state index in [1.807, 2.05) is 36.4 Å². The van der Waals surface area contributed by atoms with Crippen LogP contribution in [0.3, 0.4) is 0 Å². The molecule has 1 atom stereocenters. The lowest BCUT2D eigenvalue weighted by Crippen LogP contribution is -2.45. The van der Waals surface area contributed by atoms with Crippen LogP contribution in [0, 0.1) is 0 Å². The molecule has 5 heteroatoms. The number of hydrogen-bond acceptors (Lipinski definition) is 2. The smallest absolute Gasteiger partial charge is 0.251 e. The summed E-state index contributed by atoms with van der Waals surface area (Å²) < 4.78 is 0.954. The van der Waals surface area contributed by atoms with Gasteiger partial charge in [-0.15, -0.1) is 0 Å². The van der Waals surface area contributed by atoms with E-state index in [-0.39, 0.29) is 11.3 Å². The standard InChI is InChI=1S/C20H23BrN2O2/c1-20(2,3)15-8-6-14(7-9-15)19(25)23-17(18(22)24)12-13-4-10-16(21)11-5-13/h4-11,17H,12H2,1-3H3,(H2,22,24)(H,23,25)/t17-/m0/s1. The van der Waals surface area contributed by atoms with E-state index in [0.29, 0.717) is 12.0 Å². The van der Waals surface area contributed by atoms with Gasteiger partial charge in [-0.2, -0.15) is 0 Å². The topological polar surface area (TPSA) is 72.2 Å². The van der Waals surface area contributed by atoms with Gasteiger partial charge in [0.25, 0.3) is 5.91 Å². The maximum Gasteiger partial charge on any atom is 0.251 e. The Morgan fingerprint density at radius 2 is 1.60 bits per heavy atom. The zero-order valence-corrected chi connectivity index (χ0v) is 16.3. The van der Waals surface area contributed by atoms with Crippen LogP contribution >= 0.6 is 15.9 Å². The van der Waals surface area contributed by atoms with Gasteiger partial charge in [-0.3, -0.25) is 9.59 Å². The van der Waals surface area contributed by atoms with Crippen LogP contribution in [-0.4, -0.2) is 17.9 Å². The SMILES string of the molecule is CC(C)(C)c1ccc(C(=O)N[C@@H](Cc2ccc(Br)cc2)C(N)=O)cc1. The van der Waals surface area contributed by atoms with E-state index in [4.69, 9.17) is 5.73 Å². The second-order valence-corrected chi connectivity index (χ2v) is 8.00. The minimum atomic E-state index is -0.754. The second kappa shape index (κ2) is 7.83. The highest BCUT2D eigenvalue weighted by molar-refractivity contribution is 9.10. The number of nitrogens with one attached hydrogen (secondary N) is 1. The molecule has 2 amide bonds. The Hall–Kier alpha value is -2.14. The van der Waals surface area contributed by atoms with E-state index >= 15 is 0 Å². The van der Waals surface area contributed by atoms with Crippen molar-refractivity contribution in [2.45, 2.75) is 38.6 Å². The predicted octanol–water partition coefficient (Wildman–Crippen LogP) is 3.57. The number of amides is 2. The molecule has 0 unspecified atom stereocenters. The molecule has 2 aromatic rings. The third-order valence-corrected chi connectivity index (χ3v) is 4.54. The zero-order chi connectivity index (χ0) is 18.6. The first kappa shape index (κ1) is 19.2. The van der Waals surface area contributed by atoms with Gasteiger partial charge in [0.15, 0.2) is 0 Å². The van der Waals surface area contributed by atoms with Crippen molar-refractivity contribution in [2.75, 3.05) is 0 Å². The lowest BCUT2D eigenvalue weighted by Gasteiger charge is -2.19. The lowest BCUT2D eigenvalue weighted by molar-refractivity contribution is -0.119. The molecule has 0 bridgehead atoms. The van der Waals surface area contributed by atoms with Crippen molar-refractivity contribution in [3.63, 3.8) is 0 Å². The predicted molar refractivity (Wildman–Crippen MR) is 103 cm³/mol. The number of nitrogens with two attached hydrogens (primary N) is 1. The molecule has 2 rings (SSSR count). The third kappa shape index (κ3) is 5.43. The van der Waals surface area contributed by atoms with Crippen LogP contribution in [0.2, 0.25) is 0 Å². The average molecular weight is 403 g/mol. The van der Waals surface area contributed by atoms with Gasteiger partial charge in [0.1, 0.15) is 6.04 Å². The first-order valence-corrected chi connectivity index (χ1v) is 8.91. The fourth-order valence-corrected chi connectivity index (χ4v) is 2.71. The summed E-state index contributed by atoms with van der Waals surface area (Å²) in [5, 5.41) is 2.73. The molecule has 0 fully saturated rings. The summed E-state index contributed by atoms with van der Waals surface area (Å²) in [6, 6.07) is 14.2. The molecular formula is C20H23BrN2O2. The number of benzene rings is 2. The summed E-state index contributed by atoms with van der Waals surface area (Å²) in [5.74, 6) is -0.857. The maximum atomic E-state index is 12.4. The second-order valence-electron chi connectivity index (χ2n) is 7.09. The van der Waals surface area contributed by atoms with Gasteiger partial charge in [0.2, 0.25) is 5.91 Å². The monoisotopic (exact) mass is 402 g/mol. The van der Waals surface area contributed by atoms with Gasteiger partial charge in [-0.25, -0.2) is 0 Å². The van der Waals surface area contributed by atoms with E-state index < -0.39 is 11.9 Å². The number of carbonyl (C=O) groups is 2. The fourth-order valence-electron chi connectivity index (χ4n) is 2.44. The van der Waals surface area contributed by atoms with Crippen molar-refractivity contribution in [1.82, 2.24) is 5.32 Å². The third-order valence-electron chi connectivity index (χ3n) is 4.01. The average Bonchev–Trinajstić information content (AvgIpc) is 2.55. The molecule has 0 aromatic heterocycles. The van der Waals surface area contributed by atoms with Crippen molar-refractivity contribution in [3.8, 4) is 0 Å². The number of halogens is 1. The summed E-state index contributed by atoms with van der Waals surface area (Å²) >= 11 is 3.37. The van der Waals surface area contributed by atoms with Gasteiger partial charge in [0.05, 0.1) is 0 Å². The summed E-state index contributed by atoms with van der Waals surface area (Å²) in [6.45, 7) is 6.34. The molecule has 0 heterocycles. The van der Waals surface area contributed by atoms with Crippen LogP contribution < -0.4 is 11.1 Å². The Labute approximate surface area is 156 Å². The molecule has 25 heavy (non-hydrogen) atoms. The molecule has 2 aromatic carbocycles. The highest BCUT2D eigenvalue weighted by Gasteiger charge is 2.20. The lowest BCUT2D eigenvalue weighted by atomic mass is 9.86. The normalized spacial score (nSPS) is 12.5. The summed E-state index contributed by atoms with van der Waals surface area (Å²) in [7, 11) is 0. The minimum absolute atomic E-state index is 0.0202. The van der Waals surface area contributed by atoms with Crippen molar-refractivity contribution in [2.24, 2.45) is 5.73 Å². The van der Waals surface area contributed by atoms with Crippen molar-refractivity contribution >= 4 is 27.7 Å². The molecule has 0 aliphatic heterocycles. The Morgan fingerprint density at radius 3 is 2.08 bits per heavy atom. The fraction of sp³-hybridized carbons (Fsp3) is 0.300. The molecule has 0 radical (unpaired) electrons. The van der Waals surface area contributed by atoms with E-state index in [2.05, 4.69) is 42.0 Å². The Balaban J connectivity index is 2.09. The Kier molecular flexibility index (Phi) is 6.01. The van der Waals surface area contributed by atoms with Crippen LogP contribution in [0.25, 0.3) is 0 Å². The van der Waals surface area contributed by atoms with E-state index in [1.165, 1.54) is 0 Å². The van der Waals surface area contributed by atoms with Gasteiger partial charge >= 0.3 is 0 Å². The van der Waals surface area contributed by atoms with Gasteiger partial charge < -0.3 is 11.1 Å². The first-order valence-electron chi connectivity index (χ1n) is 8.12. The molecule has 0 saturated carbocycles. The molecule has 4 nitrogen and oxygen atoms in total. The Bertz CT molecular complexity index is 747. The first-order chi connectivity index (χ1) is 11.7. The molecule has 132 valence electrons. The number of rotatable bonds is 5. The van der Waals surface area contributed by atoms with Crippen LogP contribution in [0.15, 0.2) is 53.0 Å². The van der Waals surface area contributed by atoms with Gasteiger partial charge in [-0.05, 0) is 40.8 Å². The molecule has 0 aliphatic carbocycles. The largest absolute Gasteiger partial charge is 0.368 e. The van der Waals surface area contributed by atoms with Gasteiger partial charge in [0, 0.05) is 16.5 Å². The van der Waals surface area contributed by atoms with Crippen molar-refractivity contribution in [1.29, 1.82) is 0 Å². The summed E-state index contributed by atoms with van der Waals surface area (Å²) in [6.07, 6.45) is 0.356. The number of carbonyl (C=O) groups excluding carboxylic acids is 2. The number of primary amides is 1. The quantitative estimate of drug-likeness (QED) is 0.801. The van der Waals surface area contributed by atoms with E-state index in [9.17, 15) is 9.59 Å². The minimum Gasteiger partial charge on any atom is -0.368 e. The maximum absolute atomic E-state index is 12.4. The summed E-state index contributed by atoms with van der Waals surface area (Å²) in [4.78, 5) is 24.2. The zero-order valence-electron chi connectivity index (χ0n) is 14.7. The van der Waals surface area contributed by atoms with Crippen LogP contribution in [0.1, 0.15) is 42.3 Å². The van der Waals surface area contributed by atoms with Crippen molar-refractivity contribution in [3.05, 3.63) is 69.7 Å². The van der Waals surface area contributed by atoms with Crippen LogP contribution in [-0.2, 0) is 16.6 Å². The molecular weight excluding hydrogens is 380 g/mol. The highest BCUT2D eigenvalue weighted by atomic mass is 79.9. The number of hydrogen-bond donors (Lipinski definition) is 2. The molecule has 0 aliphatic rings. The van der Waals surface area contributed by atoms with Crippen molar-refractivity contribution < 1.29 is 9.59 Å².